The van der Waals surface area contributed by atoms with Gasteiger partial charge in [-0.1, -0.05) is 39.0 Å². The van der Waals surface area contributed by atoms with Crippen molar-refractivity contribution < 1.29 is 14.3 Å². The summed E-state index contributed by atoms with van der Waals surface area (Å²) in [5, 5.41) is 3.11. The van der Waals surface area contributed by atoms with Crippen LogP contribution >= 0.6 is 0 Å². The van der Waals surface area contributed by atoms with E-state index in [0.717, 1.165) is 29.7 Å². The number of hydrogen-bond donors (Lipinski definition) is 1. The SMILES string of the molecule is Cc1cccc(C(C)(C)C)c1NC(=O)N1CCN(C(=O)C2CCCO2)CC1. The summed E-state index contributed by atoms with van der Waals surface area (Å²) >= 11 is 0. The van der Waals surface area contributed by atoms with Crippen LogP contribution < -0.4 is 5.32 Å². The molecule has 2 saturated heterocycles. The average Bonchev–Trinajstić information content (AvgIpc) is 3.16. The van der Waals surface area contributed by atoms with Crippen LogP contribution in [0.15, 0.2) is 18.2 Å². The van der Waals surface area contributed by atoms with E-state index in [0.29, 0.717) is 32.8 Å². The Hall–Kier alpha value is -2.08. The lowest BCUT2D eigenvalue weighted by molar-refractivity contribution is -0.142. The van der Waals surface area contributed by atoms with Crippen LogP contribution in [-0.4, -0.2) is 60.6 Å². The van der Waals surface area contributed by atoms with E-state index in [1.807, 2.05) is 24.0 Å². The molecule has 6 heteroatoms. The van der Waals surface area contributed by atoms with E-state index in [4.69, 9.17) is 4.74 Å². The number of aryl methyl sites for hydroxylation is 1. The van der Waals surface area contributed by atoms with Gasteiger partial charge in [0, 0.05) is 38.5 Å². The largest absolute Gasteiger partial charge is 0.368 e. The highest BCUT2D eigenvalue weighted by Crippen LogP contribution is 2.32. The van der Waals surface area contributed by atoms with E-state index in [9.17, 15) is 9.59 Å². The fourth-order valence-corrected chi connectivity index (χ4v) is 3.75. The third-order valence-corrected chi connectivity index (χ3v) is 5.40. The third kappa shape index (κ3) is 4.43. The molecular formula is C21H31N3O3. The van der Waals surface area contributed by atoms with Crippen LogP contribution in [0.25, 0.3) is 0 Å². The number of hydrogen-bond acceptors (Lipinski definition) is 3. The lowest BCUT2D eigenvalue weighted by Crippen LogP contribution is -2.53. The van der Waals surface area contributed by atoms with Gasteiger partial charge in [0.15, 0.2) is 0 Å². The van der Waals surface area contributed by atoms with Gasteiger partial charge < -0.3 is 19.9 Å². The summed E-state index contributed by atoms with van der Waals surface area (Å²) in [6, 6.07) is 6.02. The van der Waals surface area contributed by atoms with Crippen molar-refractivity contribution in [1.29, 1.82) is 0 Å². The molecule has 0 aliphatic carbocycles. The molecule has 1 atom stereocenters. The van der Waals surface area contributed by atoms with Crippen LogP contribution in [0.5, 0.6) is 0 Å². The maximum Gasteiger partial charge on any atom is 0.321 e. The van der Waals surface area contributed by atoms with Gasteiger partial charge in [-0.2, -0.15) is 0 Å². The Kier molecular flexibility index (Phi) is 5.75. The lowest BCUT2D eigenvalue weighted by atomic mass is 9.84. The van der Waals surface area contributed by atoms with Crippen molar-refractivity contribution >= 4 is 17.6 Å². The van der Waals surface area contributed by atoms with Crippen LogP contribution in [0.3, 0.4) is 0 Å². The van der Waals surface area contributed by atoms with Gasteiger partial charge in [-0.3, -0.25) is 4.79 Å². The minimum absolute atomic E-state index is 0.0545. The molecule has 2 heterocycles. The number of carbonyl (C=O) groups excluding carboxylic acids is 2. The average molecular weight is 373 g/mol. The molecule has 2 fully saturated rings. The highest BCUT2D eigenvalue weighted by Gasteiger charge is 2.31. The molecule has 0 bridgehead atoms. The van der Waals surface area contributed by atoms with Gasteiger partial charge in [0.1, 0.15) is 6.10 Å². The van der Waals surface area contributed by atoms with Crippen molar-refractivity contribution in [1.82, 2.24) is 9.80 Å². The standard InChI is InChI=1S/C21H31N3O3/c1-15-7-5-8-16(21(2,3)4)18(15)22-20(26)24-12-10-23(11-13-24)19(25)17-9-6-14-27-17/h5,7-8,17H,6,9-14H2,1-4H3,(H,22,26). The smallest absolute Gasteiger partial charge is 0.321 e. The second-order valence-corrected chi connectivity index (χ2v) is 8.49. The molecule has 6 nitrogen and oxygen atoms in total. The molecule has 0 radical (unpaired) electrons. The van der Waals surface area contributed by atoms with Crippen molar-refractivity contribution in [3.05, 3.63) is 29.3 Å². The van der Waals surface area contributed by atoms with Gasteiger partial charge in [-0.25, -0.2) is 4.79 Å². The van der Waals surface area contributed by atoms with Crippen molar-refractivity contribution in [2.45, 2.75) is 52.1 Å². The Morgan fingerprint density at radius 3 is 2.37 bits per heavy atom. The molecular weight excluding hydrogens is 342 g/mol. The predicted octanol–water partition coefficient (Wildman–Crippen LogP) is 3.15. The molecule has 0 aromatic heterocycles. The minimum Gasteiger partial charge on any atom is -0.368 e. The molecule has 1 aromatic rings. The normalized spacial score (nSPS) is 20.7. The summed E-state index contributed by atoms with van der Waals surface area (Å²) < 4.78 is 5.50. The number of carbonyl (C=O) groups is 2. The van der Waals surface area contributed by atoms with Crippen LogP contribution in [-0.2, 0) is 14.9 Å². The first-order valence-electron chi connectivity index (χ1n) is 9.84. The van der Waals surface area contributed by atoms with Crippen molar-refractivity contribution in [3.63, 3.8) is 0 Å². The number of nitrogens with zero attached hydrogens (tertiary/aromatic N) is 2. The topological polar surface area (TPSA) is 61.9 Å². The van der Waals surface area contributed by atoms with Crippen molar-refractivity contribution in [2.75, 3.05) is 38.1 Å². The fourth-order valence-electron chi connectivity index (χ4n) is 3.75. The third-order valence-electron chi connectivity index (χ3n) is 5.40. The summed E-state index contributed by atoms with van der Waals surface area (Å²) in [6.07, 6.45) is 1.47. The number of benzene rings is 1. The molecule has 0 spiro atoms. The Morgan fingerprint density at radius 2 is 1.78 bits per heavy atom. The molecule has 148 valence electrons. The van der Waals surface area contributed by atoms with Gasteiger partial charge in [0.25, 0.3) is 5.91 Å². The molecule has 2 aliphatic heterocycles. The first-order valence-corrected chi connectivity index (χ1v) is 9.84. The molecule has 1 aromatic carbocycles. The number of ether oxygens (including phenoxy) is 1. The molecule has 0 saturated carbocycles. The van der Waals surface area contributed by atoms with E-state index < -0.39 is 0 Å². The van der Waals surface area contributed by atoms with Gasteiger partial charge >= 0.3 is 6.03 Å². The summed E-state index contributed by atoms with van der Waals surface area (Å²) in [4.78, 5) is 28.9. The number of piperazine rings is 1. The Balaban J connectivity index is 1.61. The van der Waals surface area contributed by atoms with E-state index in [1.165, 1.54) is 0 Å². The Bertz CT molecular complexity index is 697. The zero-order valence-electron chi connectivity index (χ0n) is 16.9. The van der Waals surface area contributed by atoms with Gasteiger partial charge in [0.2, 0.25) is 0 Å². The second kappa shape index (κ2) is 7.89. The Labute approximate surface area is 161 Å². The van der Waals surface area contributed by atoms with Gasteiger partial charge in [-0.05, 0) is 36.3 Å². The maximum absolute atomic E-state index is 12.8. The number of para-hydroxylation sites is 1. The zero-order valence-corrected chi connectivity index (χ0v) is 16.9. The highest BCUT2D eigenvalue weighted by molar-refractivity contribution is 5.91. The monoisotopic (exact) mass is 373 g/mol. The summed E-state index contributed by atoms with van der Waals surface area (Å²) in [5.74, 6) is 0.0708. The number of rotatable bonds is 2. The number of urea groups is 1. The van der Waals surface area contributed by atoms with E-state index in [1.54, 1.807) is 4.90 Å². The fraction of sp³-hybridized carbons (Fsp3) is 0.619. The molecule has 3 rings (SSSR count). The van der Waals surface area contributed by atoms with Crippen molar-refractivity contribution in [3.8, 4) is 0 Å². The van der Waals surface area contributed by atoms with Gasteiger partial charge in [0.05, 0.1) is 0 Å². The first-order chi connectivity index (χ1) is 12.8. The minimum atomic E-state index is -0.285. The molecule has 1 N–H and O–H groups in total. The van der Waals surface area contributed by atoms with Crippen LogP contribution in [0.1, 0.15) is 44.7 Å². The van der Waals surface area contributed by atoms with E-state index in [-0.39, 0.29) is 23.5 Å². The zero-order chi connectivity index (χ0) is 19.6. The molecule has 27 heavy (non-hydrogen) atoms. The quantitative estimate of drug-likeness (QED) is 0.866. The molecule has 1 unspecified atom stereocenters. The summed E-state index contributed by atoms with van der Waals surface area (Å²) in [6.45, 7) is 11.3. The predicted molar refractivity (Wildman–Crippen MR) is 106 cm³/mol. The van der Waals surface area contributed by atoms with E-state index >= 15 is 0 Å². The van der Waals surface area contributed by atoms with Crippen LogP contribution in [0.2, 0.25) is 0 Å². The van der Waals surface area contributed by atoms with Crippen LogP contribution in [0, 0.1) is 6.92 Å². The number of nitrogens with one attached hydrogen (secondary N) is 1. The lowest BCUT2D eigenvalue weighted by Gasteiger charge is -2.36. The van der Waals surface area contributed by atoms with Crippen molar-refractivity contribution in [2.24, 2.45) is 0 Å². The number of amides is 3. The number of anilines is 1. The Morgan fingerprint density at radius 1 is 1.11 bits per heavy atom. The van der Waals surface area contributed by atoms with Crippen LogP contribution in [0.4, 0.5) is 10.5 Å². The highest BCUT2D eigenvalue weighted by atomic mass is 16.5. The molecule has 3 amide bonds. The summed E-state index contributed by atoms with van der Waals surface area (Å²) in [5.41, 5.74) is 3.03. The van der Waals surface area contributed by atoms with Gasteiger partial charge in [-0.15, -0.1) is 0 Å². The second-order valence-electron chi connectivity index (χ2n) is 8.49. The first kappa shape index (κ1) is 19.7. The summed E-state index contributed by atoms with van der Waals surface area (Å²) in [7, 11) is 0. The molecule has 2 aliphatic rings. The van der Waals surface area contributed by atoms with E-state index in [2.05, 4.69) is 32.2 Å². The maximum atomic E-state index is 12.8.